The number of hydrogen-bond acceptors (Lipinski definition) is 3. The standard InChI is InChI=1S/C15H22N2OS/c16-15(19)12-6-8-14(9-7-12)17(10-11-18)13-4-2-1-3-5-13/h6-9,13,18H,1-5,10-11H2,(H2,16,19). The molecule has 1 saturated carbocycles. The lowest BCUT2D eigenvalue weighted by Crippen LogP contribution is -2.38. The molecule has 1 fully saturated rings. The summed E-state index contributed by atoms with van der Waals surface area (Å²) >= 11 is 4.97. The van der Waals surface area contributed by atoms with Crippen molar-refractivity contribution in [2.24, 2.45) is 5.73 Å². The fourth-order valence-electron chi connectivity index (χ4n) is 2.84. The van der Waals surface area contributed by atoms with E-state index in [1.54, 1.807) is 0 Å². The highest BCUT2D eigenvalue weighted by Crippen LogP contribution is 2.27. The first-order chi connectivity index (χ1) is 9.22. The number of aliphatic hydroxyl groups excluding tert-OH is 1. The van der Waals surface area contributed by atoms with Gasteiger partial charge in [0, 0.05) is 23.8 Å². The van der Waals surface area contributed by atoms with Crippen LogP contribution in [0.5, 0.6) is 0 Å². The van der Waals surface area contributed by atoms with Crippen LogP contribution in [-0.2, 0) is 0 Å². The highest BCUT2D eigenvalue weighted by molar-refractivity contribution is 7.80. The molecule has 0 amide bonds. The summed E-state index contributed by atoms with van der Waals surface area (Å²) in [4.78, 5) is 2.75. The molecule has 0 heterocycles. The van der Waals surface area contributed by atoms with Crippen molar-refractivity contribution in [2.75, 3.05) is 18.1 Å². The molecule has 1 aliphatic carbocycles. The van der Waals surface area contributed by atoms with Crippen LogP contribution in [0.3, 0.4) is 0 Å². The second-order valence-corrected chi connectivity index (χ2v) is 5.56. The molecule has 1 aromatic carbocycles. The summed E-state index contributed by atoms with van der Waals surface area (Å²) in [6.07, 6.45) is 6.35. The van der Waals surface area contributed by atoms with E-state index in [4.69, 9.17) is 18.0 Å². The molecule has 3 nitrogen and oxygen atoms in total. The van der Waals surface area contributed by atoms with Gasteiger partial charge in [0.15, 0.2) is 0 Å². The lowest BCUT2D eigenvalue weighted by Gasteiger charge is -2.36. The molecule has 4 heteroatoms. The van der Waals surface area contributed by atoms with Gasteiger partial charge < -0.3 is 15.7 Å². The predicted molar refractivity (Wildman–Crippen MR) is 83.6 cm³/mol. The smallest absolute Gasteiger partial charge is 0.103 e. The predicted octanol–water partition coefficient (Wildman–Crippen LogP) is 2.45. The topological polar surface area (TPSA) is 49.5 Å². The third-order valence-corrected chi connectivity index (χ3v) is 4.08. The highest BCUT2D eigenvalue weighted by atomic mass is 32.1. The normalized spacial score (nSPS) is 16.3. The molecule has 0 atom stereocenters. The molecule has 0 spiro atoms. The maximum Gasteiger partial charge on any atom is 0.103 e. The van der Waals surface area contributed by atoms with Crippen molar-refractivity contribution < 1.29 is 5.11 Å². The minimum atomic E-state index is 0.188. The fraction of sp³-hybridized carbons (Fsp3) is 0.533. The Morgan fingerprint density at radius 2 is 1.84 bits per heavy atom. The van der Waals surface area contributed by atoms with Crippen LogP contribution >= 0.6 is 12.2 Å². The Morgan fingerprint density at radius 1 is 1.21 bits per heavy atom. The Balaban J connectivity index is 2.15. The molecule has 19 heavy (non-hydrogen) atoms. The quantitative estimate of drug-likeness (QED) is 0.812. The zero-order valence-electron chi connectivity index (χ0n) is 11.2. The second kappa shape index (κ2) is 6.87. The molecule has 1 aromatic rings. The van der Waals surface area contributed by atoms with Gasteiger partial charge in [-0.1, -0.05) is 31.5 Å². The van der Waals surface area contributed by atoms with Gasteiger partial charge in [0.1, 0.15) is 4.99 Å². The first-order valence-corrected chi connectivity index (χ1v) is 7.40. The van der Waals surface area contributed by atoms with E-state index in [1.165, 1.54) is 32.1 Å². The van der Waals surface area contributed by atoms with Crippen molar-refractivity contribution in [2.45, 2.75) is 38.1 Å². The number of nitrogens with zero attached hydrogens (tertiary/aromatic N) is 1. The van der Waals surface area contributed by atoms with Gasteiger partial charge in [0.2, 0.25) is 0 Å². The molecule has 3 N–H and O–H groups in total. The summed E-state index contributed by atoms with van der Waals surface area (Å²) in [7, 11) is 0. The maximum atomic E-state index is 9.29. The SMILES string of the molecule is NC(=S)c1ccc(N(CCO)C2CCCCC2)cc1. The molecule has 1 aliphatic rings. The average Bonchev–Trinajstić information content (AvgIpc) is 2.46. The zero-order valence-corrected chi connectivity index (χ0v) is 12.0. The van der Waals surface area contributed by atoms with Crippen LogP contribution < -0.4 is 10.6 Å². The van der Waals surface area contributed by atoms with Crippen molar-refractivity contribution in [3.8, 4) is 0 Å². The third-order valence-electron chi connectivity index (χ3n) is 3.84. The highest BCUT2D eigenvalue weighted by Gasteiger charge is 2.21. The van der Waals surface area contributed by atoms with Crippen LogP contribution in [0, 0.1) is 0 Å². The summed E-state index contributed by atoms with van der Waals surface area (Å²) in [5, 5.41) is 9.29. The number of aliphatic hydroxyl groups is 1. The van der Waals surface area contributed by atoms with Crippen LogP contribution in [0.25, 0.3) is 0 Å². The summed E-state index contributed by atoms with van der Waals surface area (Å²) in [6, 6.07) is 8.59. The van der Waals surface area contributed by atoms with Crippen LogP contribution in [0.4, 0.5) is 5.69 Å². The van der Waals surface area contributed by atoms with E-state index in [-0.39, 0.29) is 6.61 Å². The van der Waals surface area contributed by atoms with Crippen molar-refractivity contribution in [1.29, 1.82) is 0 Å². The lowest BCUT2D eigenvalue weighted by atomic mass is 9.93. The van der Waals surface area contributed by atoms with Gasteiger partial charge in [-0.3, -0.25) is 0 Å². The number of thiocarbonyl (C=S) groups is 1. The van der Waals surface area contributed by atoms with E-state index < -0.39 is 0 Å². The van der Waals surface area contributed by atoms with E-state index in [2.05, 4.69) is 17.0 Å². The van der Waals surface area contributed by atoms with Gasteiger partial charge in [0.05, 0.1) is 6.61 Å². The molecule has 0 aromatic heterocycles. The molecule has 0 aliphatic heterocycles. The maximum absolute atomic E-state index is 9.29. The Hall–Kier alpha value is -1.13. The first-order valence-electron chi connectivity index (χ1n) is 6.99. The number of rotatable bonds is 5. The number of benzene rings is 1. The van der Waals surface area contributed by atoms with Crippen molar-refractivity contribution >= 4 is 22.9 Å². The van der Waals surface area contributed by atoms with E-state index >= 15 is 0 Å². The molecular formula is C15H22N2OS. The molecule has 0 saturated heterocycles. The van der Waals surface area contributed by atoms with E-state index in [0.717, 1.165) is 11.3 Å². The van der Waals surface area contributed by atoms with Gasteiger partial charge in [0.25, 0.3) is 0 Å². The lowest BCUT2D eigenvalue weighted by molar-refractivity contribution is 0.290. The second-order valence-electron chi connectivity index (χ2n) is 5.12. The summed E-state index contributed by atoms with van der Waals surface area (Å²) < 4.78 is 0. The molecule has 104 valence electrons. The van der Waals surface area contributed by atoms with Gasteiger partial charge >= 0.3 is 0 Å². The summed E-state index contributed by atoms with van der Waals surface area (Å²) in [5.41, 5.74) is 7.67. The molecular weight excluding hydrogens is 256 g/mol. The average molecular weight is 278 g/mol. The number of hydrogen-bond donors (Lipinski definition) is 2. The van der Waals surface area contributed by atoms with Crippen LogP contribution in [-0.4, -0.2) is 29.3 Å². The summed E-state index contributed by atoms with van der Waals surface area (Å²) in [6.45, 7) is 0.880. The molecule has 2 rings (SSSR count). The van der Waals surface area contributed by atoms with Crippen LogP contribution in [0.2, 0.25) is 0 Å². The fourth-order valence-corrected chi connectivity index (χ4v) is 2.98. The van der Waals surface area contributed by atoms with Crippen LogP contribution in [0.15, 0.2) is 24.3 Å². The minimum absolute atomic E-state index is 0.188. The zero-order chi connectivity index (χ0) is 13.7. The monoisotopic (exact) mass is 278 g/mol. The van der Waals surface area contributed by atoms with Gasteiger partial charge in [-0.15, -0.1) is 0 Å². The largest absolute Gasteiger partial charge is 0.395 e. The van der Waals surface area contributed by atoms with E-state index in [0.29, 0.717) is 17.6 Å². The number of nitrogens with two attached hydrogens (primary N) is 1. The van der Waals surface area contributed by atoms with Crippen molar-refractivity contribution in [1.82, 2.24) is 0 Å². The van der Waals surface area contributed by atoms with Crippen molar-refractivity contribution in [3.63, 3.8) is 0 Å². The van der Waals surface area contributed by atoms with E-state index in [9.17, 15) is 5.11 Å². The Morgan fingerprint density at radius 3 is 2.37 bits per heavy atom. The molecule has 0 bridgehead atoms. The molecule has 0 radical (unpaired) electrons. The Kier molecular flexibility index (Phi) is 5.16. The van der Waals surface area contributed by atoms with Gasteiger partial charge in [-0.25, -0.2) is 0 Å². The van der Waals surface area contributed by atoms with Gasteiger partial charge in [-0.2, -0.15) is 0 Å². The molecule has 0 unspecified atom stereocenters. The van der Waals surface area contributed by atoms with Crippen LogP contribution in [0.1, 0.15) is 37.7 Å². The first kappa shape index (κ1) is 14.3. The van der Waals surface area contributed by atoms with E-state index in [1.807, 2.05) is 12.1 Å². The summed E-state index contributed by atoms with van der Waals surface area (Å²) in [5.74, 6) is 0. The van der Waals surface area contributed by atoms with Crippen molar-refractivity contribution in [3.05, 3.63) is 29.8 Å². The minimum Gasteiger partial charge on any atom is -0.395 e. The van der Waals surface area contributed by atoms with Gasteiger partial charge in [-0.05, 0) is 37.1 Å². The third kappa shape index (κ3) is 3.67. The Labute approximate surface area is 120 Å². The number of anilines is 1. The Bertz CT molecular complexity index is 413.